The van der Waals surface area contributed by atoms with Crippen LogP contribution in [0.3, 0.4) is 0 Å². The highest BCUT2D eigenvalue weighted by Gasteiger charge is 2.04. The van der Waals surface area contributed by atoms with Gasteiger partial charge in [-0.05, 0) is 37.4 Å². The lowest BCUT2D eigenvalue weighted by Gasteiger charge is -2.12. The van der Waals surface area contributed by atoms with E-state index < -0.39 is 6.10 Å². The molecule has 4 nitrogen and oxygen atoms in total. The van der Waals surface area contributed by atoms with Crippen LogP contribution in [-0.2, 0) is 11.3 Å². The molecule has 0 radical (unpaired) electrons. The zero-order valence-electron chi connectivity index (χ0n) is 11.4. The van der Waals surface area contributed by atoms with Gasteiger partial charge in [0.2, 0.25) is 0 Å². The molecule has 1 atom stereocenters. The summed E-state index contributed by atoms with van der Waals surface area (Å²) >= 11 is 0. The third-order valence-corrected chi connectivity index (χ3v) is 2.65. The lowest BCUT2D eigenvalue weighted by molar-refractivity contribution is 0.0227. The predicted octanol–water partition coefficient (Wildman–Crippen LogP) is 2.18. The van der Waals surface area contributed by atoms with Crippen LogP contribution < -0.4 is 5.32 Å². The number of hydrogen-bond donors (Lipinski definition) is 2. The van der Waals surface area contributed by atoms with Crippen molar-refractivity contribution in [1.29, 1.82) is 0 Å². The topological polar surface area (TPSA) is 54.6 Å². The number of furan rings is 1. The van der Waals surface area contributed by atoms with Crippen LogP contribution in [0.15, 0.2) is 22.8 Å². The maximum Gasteiger partial charge on any atom is 0.129 e. The largest absolute Gasteiger partial charge is 0.467 e. The zero-order valence-corrected chi connectivity index (χ0v) is 11.4. The number of ether oxygens (including phenoxy) is 1. The van der Waals surface area contributed by atoms with Gasteiger partial charge in [-0.25, -0.2) is 0 Å². The molecule has 1 heterocycles. The molecule has 1 rings (SSSR count). The van der Waals surface area contributed by atoms with E-state index in [1.54, 1.807) is 6.26 Å². The van der Waals surface area contributed by atoms with Crippen LogP contribution in [0, 0.1) is 5.92 Å². The quantitative estimate of drug-likeness (QED) is 0.629. The van der Waals surface area contributed by atoms with Gasteiger partial charge in [0.1, 0.15) is 12.4 Å². The Bertz CT molecular complexity index is 285. The molecule has 0 spiro atoms. The Balaban J connectivity index is 1.92. The number of aliphatic hydroxyl groups is 1. The molecule has 0 aliphatic rings. The number of rotatable bonds is 10. The Hall–Kier alpha value is -0.840. The van der Waals surface area contributed by atoms with Gasteiger partial charge in [0.05, 0.1) is 19.0 Å². The Kier molecular flexibility index (Phi) is 7.73. The lowest BCUT2D eigenvalue weighted by Crippen LogP contribution is -2.31. The van der Waals surface area contributed by atoms with Crippen LogP contribution in [0.25, 0.3) is 0 Å². The number of aliphatic hydroxyl groups excluding tert-OH is 1. The van der Waals surface area contributed by atoms with Crippen molar-refractivity contribution in [2.24, 2.45) is 5.92 Å². The summed E-state index contributed by atoms with van der Waals surface area (Å²) in [6, 6.07) is 3.68. The molecule has 0 bridgehead atoms. The minimum Gasteiger partial charge on any atom is -0.467 e. The molecule has 1 aromatic rings. The van der Waals surface area contributed by atoms with Crippen molar-refractivity contribution in [2.45, 2.75) is 39.4 Å². The fourth-order valence-corrected chi connectivity index (χ4v) is 1.65. The summed E-state index contributed by atoms with van der Waals surface area (Å²) in [4.78, 5) is 0. The van der Waals surface area contributed by atoms with E-state index in [1.807, 2.05) is 12.1 Å². The highest BCUT2D eigenvalue weighted by molar-refractivity contribution is 4.96. The van der Waals surface area contributed by atoms with E-state index in [0.717, 1.165) is 24.6 Å². The standard InChI is InChI=1S/C14H25NO3/c1-12(2)5-3-7-15-9-13(16)10-17-11-14-6-4-8-18-14/h4,6,8,12-13,15-16H,3,5,7,9-11H2,1-2H3. The molecule has 0 aliphatic carbocycles. The third kappa shape index (κ3) is 7.48. The fourth-order valence-electron chi connectivity index (χ4n) is 1.65. The second-order valence-corrected chi connectivity index (χ2v) is 4.99. The van der Waals surface area contributed by atoms with Crippen molar-refractivity contribution in [3.8, 4) is 0 Å². The SMILES string of the molecule is CC(C)CCCNCC(O)COCc1ccco1. The number of hydrogen-bond acceptors (Lipinski definition) is 4. The van der Waals surface area contributed by atoms with Gasteiger partial charge in [-0.3, -0.25) is 0 Å². The minimum atomic E-state index is -0.459. The first-order valence-corrected chi connectivity index (χ1v) is 6.67. The minimum absolute atomic E-state index is 0.331. The Morgan fingerprint density at radius 2 is 2.28 bits per heavy atom. The van der Waals surface area contributed by atoms with Gasteiger partial charge in [-0.1, -0.05) is 13.8 Å². The Morgan fingerprint density at radius 1 is 1.44 bits per heavy atom. The van der Waals surface area contributed by atoms with E-state index in [2.05, 4.69) is 19.2 Å². The van der Waals surface area contributed by atoms with Crippen LogP contribution in [-0.4, -0.2) is 30.9 Å². The summed E-state index contributed by atoms with van der Waals surface area (Å²) in [5.74, 6) is 1.53. The average molecular weight is 255 g/mol. The maximum atomic E-state index is 9.67. The van der Waals surface area contributed by atoms with Crippen molar-refractivity contribution in [3.05, 3.63) is 24.2 Å². The van der Waals surface area contributed by atoms with Crippen LogP contribution in [0.2, 0.25) is 0 Å². The molecule has 4 heteroatoms. The van der Waals surface area contributed by atoms with Gasteiger partial charge in [0.15, 0.2) is 0 Å². The van der Waals surface area contributed by atoms with Gasteiger partial charge in [-0.2, -0.15) is 0 Å². The van der Waals surface area contributed by atoms with Crippen LogP contribution in [0.4, 0.5) is 0 Å². The molecule has 0 aromatic carbocycles. The van der Waals surface area contributed by atoms with Crippen molar-refractivity contribution in [1.82, 2.24) is 5.32 Å². The first kappa shape index (κ1) is 15.2. The highest BCUT2D eigenvalue weighted by atomic mass is 16.5. The fraction of sp³-hybridized carbons (Fsp3) is 0.714. The van der Waals surface area contributed by atoms with E-state index in [-0.39, 0.29) is 0 Å². The first-order valence-electron chi connectivity index (χ1n) is 6.67. The third-order valence-electron chi connectivity index (χ3n) is 2.65. The Morgan fingerprint density at radius 3 is 2.94 bits per heavy atom. The summed E-state index contributed by atoms with van der Waals surface area (Å²) in [6.45, 7) is 6.72. The molecule has 104 valence electrons. The van der Waals surface area contributed by atoms with Crippen molar-refractivity contribution < 1.29 is 14.3 Å². The van der Waals surface area contributed by atoms with Crippen molar-refractivity contribution in [2.75, 3.05) is 19.7 Å². The molecule has 0 saturated heterocycles. The Labute approximate surface area is 109 Å². The average Bonchev–Trinajstić information content (AvgIpc) is 2.81. The van der Waals surface area contributed by atoms with Crippen LogP contribution in [0.5, 0.6) is 0 Å². The van der Waals surface area contributed by atoms with E-state index in [4.69, 9.17) is 9.15 Å². The van der Waals surface area contributed by atoms with Crippen LogP contribution >= 0.6 is 0 Å². The molecule has 1 aromatic heterocycles. The van der Waals surface area contributed by atoms with Crippen LogP contribution in [0.1, 0.15) is 32.4 Å². The van der Waals surface area contributed by atoms with E-state index >= 15 is 0 Å². The van der Waals surface area contributed by atoms with E-state index in [0.29, 0.717) is 19.8 Å². The molecule has 18 heavy (non-hydrogen) atoms. The summed E-state index contributed by atoms with van der Waals surface area (Å²) in [5.41, 5.74) is 0. The van der Waals surface area contributed by atoms with Gasteiger partial charge in [-0.15, -0.1) is 0 Å². The summed E-state index contributed by atoms with van der Waals surface area (Å²) in [6.07, 6.45) is 3.53. The second kappa shape index (κ2) is 9.14. The second-order valence-electron chi connectivity index (χ2n) is 4.99. The smallest absolute Gasteiger partial charge is 0.129 e. The van der Waals surface area contributed by atoms with Crippen molar-refractivity contribution >= 4 is 0 Å². The van der Waals surface area contributed by atoms with Crippen molar-refractivity contribution in [3.63, 3.8) is 0 Å². The monoisotopic (exact) mass is 255 g/mol. The summed E-state index contributed by atoms with van der Waals surface area (Å²) in [7, 11) is 0. The summed E-state index contributed by atoms with van der Waals surface area (Å²) < 4.78 is 10.5. The lowest BCUT2D eigenvalue weighted by atomic mass is 10.1. The molecule has 0 fully saturated rings. The maximum absolute atomic E-state index is 9.67. The normalized spacial score (nSPS) is 13.1. The highest BCUT2D eigenvalue weighted by Crippen LogP contribution is 2.03. The molecular formula is C14H25NO3. The summed E-state index contributed by atoms with van der Waals surface area (Å²) in [5, 5.41) is 12.9. The predicted molar refractivity (Wildman–Crippen MR) is 71.3 cm³/mol. The van der Waals surface area contributed by atoms with Gasteiger partial charge >= 0.3 is 0 Å². The molecule has 0 amide bonds. The number of nitrogens with one attached hydrogen (secondary N) is 1. The van der Waals surface area contributed by atoms with Gasteiger partial charge in [0.25, 0.3) is 0 Å². The molecule has 0 aliphatic heterocycles. The van der Waals surface area contributed by atoms with E-state index in [9.17, 15) is 5.11 Å². The molecule has 2 N–H and O–H groups in total. The van der Waals surface area contributed by atoms with E-state index in [1.165, 1.54) is 6.42 Å². The molecule has 1 unspecified atom stereocenters. The zero-order chi connectivity index (χ0) is 13.2. The molecule has 0 saturated carbocycles. The first-order chi connectivity index (χ1) is 8.68. The van der Waals surface area contributed by atoms with Gasteiger partial charge < -0.3 is 19.6 Å². The molecular weight excluding hydrogens is 230 g/mol. The van der Waals surface area contributed by atoms with Gasteiger partial charge in [0, 0.05) is 6.54 Å².